The Bertz CT molecular complexity index is 1450. The first kappa shape index (κ1) is 37.1. The fourth-order valence-electron chi connectivity index (χ4n) is 3.07. The minimum atomic E-state index is -0.584. The number of rotatable bonds is 13. The predicted octanol–water partition coefficient (Wildman–Crippen LogP) is 3.83. The third kappa shape index (κ3) is 12.9. The number of nitro groups is 3. The zero-order chi connectivity index (χ0) is 33.9. The Labute approximate surface area is 255 Å². The summed E-state index contributed by atoms with van der Waals surface area (Å²) < 4.78 is 29.7. The van der Waals surface area contributed by atoms with E-state index >= 15 is 0 Å². The number of aliphatic hydroxyl groups excluding tert-OH is 1. The molecule has 0 amide bonds. The van der Waals surface area contributed by atoms with Crippen LogP contribution in [0.3, 0.4) is 0 Å². The molecule has 0 aliphatic heterocycles. The van der Waals surface area contributed by atoms with Crippen molar-refractivity contribution in [1.82, 2.24) is 0 Å². The number of nitro benzene ring substituents is 3. The maximum atomic E-state index is 10.6. The maximum absolute atomic E-state index is 10.6. The fraction of sp³-hybridized carbons (Fsp3) is 0.296. The van der Waals surface area contributed by atoms with Crippen LogP contribution in [0, 0.1) is 30.3 Å². The van der Waals surface area contributed by atoms with Gasteiger partial charge in [-0.3, -0.25) is 35.1 Å². The van der Waals surface area contributed by atoms with E-state index in [0.717, 1.165) is 6.07 Å². The van der Waals surface area contributed by atoms with Crippen LogP contribution in [-0.4, -0.2) is 78.7 Å². The van der Waals surface area contributed by atoms with Gasteiger partial charge in [0, 0.05) is 25.1 Å². The summed E-state index contributed by atoms with van der Waals surface area (Å²) in [4.78, 5) is 40.2. The van der Waals surface area contributed by atoms with Gasteiger partial charge in [-0.15, -0.1) is 0 Å². The fourth-order valence-corrected chi connectivity index (χ4v) is 3.07. The molecule has 0 spiro atoms. The van der Waals surface area contributed by atoms with Crippen molar-refractivity contribution in [2.24, 2.45) is 0 Å². The average Bonchev–Trinajstić information content (AvgIpc) is 3.02. The highest BCUT2D eigenvalue weighted by atomic mass is 16.6. The molecule has 18 heteroatoms. The summed E-state index contributed by atoms with van der Waals surface area (Å²) in [6, 6.07) is 11.7. The summed E-state index contributed by atoms with van der Waals surface area (Å²) in [7, 11) is 4.24. The number of phenolic OH excluding ortho intramolecular Hbond substituents is 1. The number of methoxy groups -OCH3 is 3. The molecule has 3 aromatic carbocycles. The average molecular weight is 638 g/mol. The Balaban J connectivity index is 0.000000344. The molecule has 0 saturated carbocycles. The molecule has 45 heavy (non-hydrogen) atoms. The van der Waals surface area contributed by atoms with E-state index in [1.54, 1.807) is 0 Å². The van der Waals surface area contributed by atoms with Crippen LogP contribution in [-0.2, 0) is 9.53 Å². The smallest absolute Gasteiger partial charge is 0.302 e. The van der Waals surface area contributed by atoms with Gasteiger partial charge in [-0.1, -0.05) is 0 Å². The molecule has 0 atom stereocenters. The topological polar surface area (TPSA) is 242 Å². The molecular formula is C27H31N3O15. The summed E-state index contributed by atoms with van der Waals surface area (Å²) in [5, 5.41) is 49.0. The highest BCUT2D eigenvalue weighted by Gasteiger charge is 2.13. The van der Waals surface area contributed by atoms with Crippen LogP contribution in [0.2, 0.25) is 0 Å². The van der Waals surface area contributed by atoms with Crippen molar-refractivity contribution in [3.05, 3.63) is 84.9 Å². The summed E-state index contributed by atoms with van der Waals surface area (Å²) in [6.07, 6.45) is 0. The number of hydrogen-bond acceptors (Lipinski definition) is 15. The van der Waals surface area contributed by atoms with E-state index in [2.05, 4.69) is 4.74 Å². The lowest BCUT2D eigenvalue weighted by molar-refractivity contribution is -0.385. The number of ether oxygens (including phenoxy) is 6. The number of aliphatic hydroxyl groups is 1. The first-order valence-corrected chi connectivity index (χ1v) is 12.5. The number of aromatic hydroxyl groups is 1. The minimum absolute atomic E-state index is 0.0670. The van der Waals surface area contributed by atoms with E-state index < -0.39 is 20.7 Å². The maximum Gasteiger partial charge on any atom is 0.302 e. The van der Waals surface area contributed by atoms with Gasteiger partial charge >= 0.3 is 5.97 Å². The number of benzene rings is 3. The number of esters is 1. The molecule has 18 nitrogen and oxygen atoms in total. The van der Waals surface area contributed by atoms with Gasteiger partial charge < -0.3 is 38.6 Å². The molecule has 3 rings (SSSR count). The van der Waals surface area contributed by atoms with Gasteiger partial charge in [-0.25, -0.2) is 0 Å². The molecule has 0 aliphatic carbocycles. The van der Waals surface area contributed by atoms with Gasteiger partial charge in [0.1, 0.15) is 19.8 Å². The lowest BCUT2D eigenvalue weighted by Crippen LogP contribution is -2.10. The molecule has 0 fully saturated rings. The summed E-state index contributed by atoms with van der Waals surface area (Å²) in [6.45, 7) is 1.36. The number of carbonyl (C=O) groups is 1. The van der Waals surface area contributed by atoms with Crippen molar-refractivity contribution < 1.29 is 58.2 Å². The molecule has 0 saturated heterocycles. The molecule has 0 heterocycles. The summed E-state index contributed by atoms with van der Waals surface area (Å²) >= 11 is 0. The van der Waals surface area contributed by atoms with Gasteiger partial charge in [-0.2, -0.15) is 0 Å². The predicted molar refractivity (Wildman–Crippen MR) is 155 cm³/mol. The lowest BCUT2D eigenvalue weighted by Gasteiger charge is -2.10. The quantitative estimate of drug-likeness (QED) is 0.117. The van der Waals surface area contributed by atoms with E-state index in [1.165, 1.54) is 76.8 Å². The van der Waals surface area contributed by atoms with Crippen molar-refractivity contribution in [2.75, 3.05) is 47.8 Å². The molecule has 0 aliphatic rings. The first-order chi connectivity index (χ1) is 21.4. The van der Waals surface area contributed by atoms with Crippen LogP contribution in [0.1, 0.15) is 6.92 Å². The molecule has 244 valence electrons. The zero-order valence-electron chi connectivity index (χ0n) is 24.6. The normalized spacial score (nSPS) is 9.62. The second-order valence-electron chi connectivity index (χ2n) is 8.06. The van der Waals surface area contributed by atoms with Crippen molar-refractivity contribution in [1.29, 1.82) is 0 Å². The Morgan fingerprint density at radius 3 is 1.40 bits per heavy atom. The van der Waals surface area contributed by atoms with Crippen molar-refractivity contribution >= 4 is 23.0 Å². The molecular weight excluding hydrogens is 606 g/mol. The van der Waals surface area contributed by atoms with Gasteiger partial charge in [-0.05, 0) is 18.2 Å². The SMILES string of the molecule is COc1ccc([N+](=O)[O-])cc1O.COc1ccc([N+](=O)[O-])cc1OCCO.COc1ccc([N+](=O)[O-])cc1OCCOC(C)=O. The third-order valence-electron chi connectivity index (χ3n) is 5.08. The Hall–Kier alpha value is -5.91. The summed E-state index contributed by atoms with van der Waals surface area (Å²) in [5.41, 5.74) is -0.338. The lowest BCUT2D eigenvalue weighted by atomic mass is 10.3. The van der Waals surface area contributed by atoms with Crippen LogP contribution < -0.4 is 23.7 Å². The van der Waals surface area contributed by atoms with Gasteiger partial charge in [0.2, 0.25) is 0 Å². The highest BCUT2D eigenvalue weighted by Crippen LogP contribution is 2.32. The summed E-state index contributed by atoms with van der Waals surface area (Å²) in [5.74, 6) is 0.842. The van der Waals surface area contributed by atoms with Crippen LogP contribution >= 0.6 is 0 Å². The standard InChI is InChI=1S/C11H13NO6.C9H11NO5.C7H7NO4/c1-8(13)17-5-6-18-11-7-9(12(14)15)3-4-10(11)16-2;1-14-8-3-2-7(10(12)13)6-9(8)15-5-4-11;1-12-7-3-2-5(8(10)11)4-6(7)9/h3-4,7H,5-6H2,1-2H3;2-3,6,11H,4-5H2,1H3;2-4,9H,1H3. The van der Waals surface area contributed by atoms with Gasteiger partial charge in [0.05, 0.1) is 60.9 Å². The molecule has 2 N–H and O–H groups in total. The molecule has 3 aromatic rings. The molecule has 0 bridgehead atoms. The Morgan fingerprint density at radius 2 is 1.04 bits per heavy atom. The molecule has 0 aromatic heterocycles. The Kier molecular flexibility index (Phi) is 15.9. The molecule has 0 radical (unpaired) electrons. The largest absolute Gasteiger partial charge is 0.504 e. The van der Waals surface area contributed by atoms with Crippen molar-refractivity contribution in [3.63, 3.8) is 0 Å². The minimum Gasteiger partial charge on any atom is -0.504 e. The number of hydrogen-bond donors (Lipinski definition) is 2. The number of phenols is 1. The van der Waals surface area contributed by atoms with Crippen molar-refractivity contribution in [3.8, 4) is 34.5 Å². The van der Waals surface area contributed by atoms with E-state index in [-0.39, 0.29) is 66.5 Å². The zero-order valence-corrected chi connectivity index (χ0v) is 24.6. The van der Waals surface area contributed by atoms with E-state index in [9.17, 15) is 35.1 Å². The second kappa shape index (κ2) is 19.3. The van der Waals surface area contributed by atoms with Gasteiger partial charge in [0.25, 0.3) is 17.1 Å². The van der Waals surface area contributed by atoms with Crippen LogP contribution in [0.15, 0.2) is 54.6 Å². The molecule has 0 unspecified atom stereocenters. The van der Waals surface area contributed by atoms with Crippen LogP contribution in [0.5, 0.6) is 34.5 Å². The number of non-ortho nitro benzene ring substituents is 3. The third-order valence-corrected chi connectivity index (χ3v) is 5.08. The Morgan fingerprint density at radius 1 is 0.644 bits per heavy atom. The number of nitrogens with zero attached hydrogens (tertiary/aromatic N) is 3. The highest BCUT2D eigenvalue weighted by molar-refractivity contribution is 5.65. The second-order valence-corrected chi connectivity index (χ2v) is 8.06. The monoisotopic (exact) mass is 637 g/mol. The van der Waals surface area contributed by atoms with E-state index in [0.29, 0.717) is 11.5 Å². The van der Waals surface area contributed by atoms with Crippen LogP contribution in [0.25, 0.3) is 0 Å². The van der Waals surface area contributed by atoms with Crippen molar-refractivity contribution in [2.45, 2.75) is 6.92 Å². The van der Waals surface area contributed by atoms with Crippen LogP contribution in [0.4, 0.5) is 17.1 Å². The first-order valence-electron chi connectivity index (χ1n) is 12.5. The van der Waals surface area contributed by atoms with Gasteiger partial charge in [0.15, 0.2) is 34.5 Å². The number of carbonyl (C=O) groups excluding carboxylic acids is 1. The van der Waals surface area contributed by atoms with E-state index in [4.69, 9.17) is 33.9 Å². The van der Waals surface area contributed by atoms with E-state index in [1.807, 2.05) is 0 Å².